The smallest absolute Gasteiger partial charge is 0.241 e. The van der Waals surface area contributed by atoms with Crippen molar-refractivity contribution in [3.8, 4) is 0 Å². The Morgan fingerprint density at radius 3 is 2.30 bits per heavy atom. The fourth-order valence-corrected chi connectivity index (χ4v) is 2.89. The number of amides is 1. The summed E-state index contributed by atoms with van der Waals surface area (Å²) in [4.78, 5) is 16.5. The maximum absolute atomic E-state index is 12.7. The number of para-hydroxylation sites is 1. The van der Waals surface area contributed by atoms with Crippen LogP contribution in [0.1, 0.15) is 25.5 Å². The number of nitrogens with zero attached hydrogens (tertiary/aromatic N) is 2. The second kappa shape index (κ2) is 8.14. The van der Waals surface area contributed by atoms with Gasteiger partial charge in [-0.2, -0.15) is 0 Å². The molecule has 1 unspecified atom stereocenters. The van der Waals surface area contributed by atoms with Crippen molar-refractivity contribution in [1.82, 2.24) is 4.90 Å². The van der Waals surface area contributed by atoms with Crippen molar-refractivity contribution in [2.24, 2.45) is 0 Å². The van der Waals surface area contributed by atoms with Crippen LogP contribution in [0.15, 0.2) is 54.6 Å². The van der Waals surface area contributed by atoms with E-state index in [4.69, 9.17) is 11.6 Å². The van der Waals surface area contributed by atoms with Crippen LogP contribution in [0.4, 0.5) is 5.69 Å². The number of rotatable bonds is 6. The number of likely N-dealkylation sites (N-methyl/N-ethyl adjacent to an activating group) is 2. The Morgan fingerprint density at radius 1 is 1.09 bits per heavy atom. The molecular formula is C19H23ClN2O. The largest absolute Gasteiger partial charge is 0.312 e. The molecule has 0 saturated carbocycles. The van der Waals surface area contributed by atoms with Crippen molar-refractivity contribution in [3.63, 3.8) is 0 Å². The van der Waals surface area contributed by atoms with Crippen LogP contribution in [-0.4, -0.2) is 30.9 Å². The number of hydrogen-bond donors (Lipinski definition) is 0. The number of halogens is 1. The molecule has 0 saturated heterocycles. The second-order valence-corrected chi connectivity index (χ2v) is 5.99. The van der Waals surface area contributed by atoms with Crippen molar-refractivity contribution in [2.45, 2.75) is 19.9 Å². The zero-order valence-corrected chi connectivity index (χ0v) is 14.6. The highest BCUT2D eigenvalue weighted by Crippen LogP contribution is 2.26. The first-order valence-electron chi connectivity index (χ1n) is 7.84. The molecule has 4 heteroatoms. The lowest BCUT2D eigenvalue weighted by atomic mass is 10.1. The average molecular weight is 331 g/mol. The summed E-state index contributed by atoms with van der Waals surface area (Å²) < 4.78 is 0. The minimum absolute atomic E-state index is 0.0714. The van der Waals surface area contributed by atoms with Gasteiger partial charge < -0.3 is 4.90 Å². The molecule has 1 amide bonds. The van der Waals surface area contributed by atoms with Crippen LogP contribution in [0.25, 0.3) is 0 Å². The third-order valence-corrected chi connectivity index (χ3v) is 4.43. The second-order valence-electron chi connectivity index (χ2n) is 5.59. The molecule has 2 rings (SSSR count). The van der Waals surface area contributed by atoms with E-state index in [-0.39, 0.29) is 11.9 Å². The monoisotopic (exact) mass is 330 g/mol. The molecule has 0 aliphatic heterocycles. The van der Waals surface area contributed by atoms with Crippen molar-refractivity contribution in [3.05, 3.63) is 65.2 Å². The lowest BCUT2D eigenvalue weighted by Crippen LogP contribution is -2.39. The van der Waals surface area contributed by atoms with Gasteiger partial charge in [-0.25, -0.2) is 0 Å². The van der Waals surface area contributed by atoms with E-state index >= 15 is 0 Å². The van der Waals surface area contributed by atoms with Crippen LogP contribution in [0.2, 0.25) is 5.02 Å². The lowest BCUT2D eigenvalue weighted by molar-refractivity contribution is -0.119. The predicted molar refractivity (Wildman–Crippen MR) is 97.0 cm³/mol. The Morgan fingerprint density at radius 2 is 1.70 bits per heavy atom. The quantitative estimate of drug-likeness (QED) is 0.784. The molecule has 0 spiro atoms. The molecule has 1 atom stereocenters. The maximum atomic E-state index is 12.7. The molecule has 3 nitrogen and oxygen atoms in total. The predicted octanol–water partition coefficient (Wildman–Crippen LogP) is 4.39. The molecule has 0 aromatic heterocycles. The lowest BCUT2D eigenvalue weighted by Gasteiger charge is -2.28. The fraction of sp³-hybridized carbons (Fsp3) is 0.316. The SMILES string of the molecule is CCN(C(=O)CN(C)C(C)c1ccccc1Cl)c1ccccc1. The van der Waals surface area contributed by atoms with E-state index in [0.717, 1.165) is 16.3 Å². The van der Waals surface area contributed by atoms with E-state index in [0.29, 0.717) is 13.1 Å². The van der Waals surface area contributed by atoms with Crippen LogP contribution in [0.5, 0.6) is 0 Å². The van der Waals surface area contributed by atoms with Gasteiger partial charge in [-0.1, -0.05) is 48.0 Å². The van der Waals surface area contributed by atoms with Gasteiger partial charge in [0.1, 0.15) is 0 Å². The summed E-state index contributed by atoms with van der Waals surface area (Å²) in [5.41, 5.74) is 1.96. The van der Waals surface area contributed by atoms with E-state index in [9.17, 15) is 4.79 Å². The van der Waals surface area contributed by atoms with Crippen LogP contribution in [0, 0.1) is 0 Å². The van der Waals surface area contributed by atoms with Crippen molar-refractivity contribution >= 4 is 23.2 Å². The molecule has 0 fully saturated rings. The zero-order chi connectivity index (χ0) is 16.8. The molecule has 0 bridgehead atoms. The highest BCUT2D eigenvalue weighted by Gasteiger charge is 2.20. The summed E-state index contributed by atoms with van der Waals surface area (Å²) in [6.45, 7) is 5.04. The molecule has 2 aromatic carbocycles. The average Bonchev–Trinajstić information content (AvgIpc) is 2.56. The fourth-order valence-electron chi connectivity index (χ4n) is 2.60. The van der Waals surface area contributed by atoms with Crippen LogP contribution in [0.3, 0.4) is 0 Å². The highest BCUT2D eigenvalue weighted by molar-refractivity contribution is 6.31. The van der Waals surface area contributed by atoms with Crippen molar-refractivity contribution in [2.75, 3.05) is 25.0 Å². The molecule has 0 heterocycles. The molecular weight excluding hydrogens is 308 g/mol. The first kappa shape index (κ1) is 17.5. The van der Waals surface area contributed by atoms with Gasteiger partial charge in [0.05, 0.1) is 6.54 Å². The number of benzene rings is 2. The molecule has 0 aliphatic rings. The van der Waals surface area contributed by atoms with E-state index in [1.165, 1.54) is 0 Å². The summed E-state index contributed by atoms with van der Waals surface area (Å²) in [6.07, 6.45) is 0. The number of carbonyl (C=O) groups excluding carboxylic acids is 1. The Balaban J connectivity index is 2.08. The van der Waals surface area contributed by atoms with Crippen molar-refractivity contribution in [1.29, 1.82) is 0 Å². The molecule has 2 aromatic rings. The highest BCUT2D eigenvalue weighted by atomic mass is 35.5. The van der Waals surface area contributed by atoms with E-state index < -0.39 is 0 Å². The van der Waals surface area contributed by atoms with Crippen LogP contribution in [-0.2, 0) is 4.79 Å². The summed E-state index contributed by atoms with van der Waals surface area (Å²) in [7, 11) is 1.95. The van der Waals surface area contributed by atoms with Gasteiger partial charge in [0.2, 0.25) is 5.91 Å². The molecule has 23 heavy (non-hydrogen) atoms. The minimum atomic E-state index is 0.0714. The molecule has 0 N–H and O–H groups in total. The third kappa shape index (κ3) is 4.34. The van der Waals surface area contributed by atoms with Crippen LogP contribution < -0.4 is 4.90 Å². The third-order valence-electron chi connectivity index (χ3n) is 4.09. The summed E-state index contributed by atoms with van der Waals surface area (Å²) >= 11 is 6.26. The van der Waals surface area contributed by atoms with E-state index in [1.807, 2.05) is 73.5 Å². The standard InChI is InChI=1S/C19H23ClN2O/c1-4-22(16-10-6-5-7-11-16)19(23)14-21(3)15(2)17-12-8-9-13-18(17)20/h5-13,15H,4,14H2,1-3H3. The number of carbonyl (C=O) groups is 1. The van der Waals surface area contributed by atoms with Gasteiger partial charge in [0.15, 0.2) is 0 Å². The summed E-state index contributed by atoms with van der Waals surface area (Å²) in [6, 6.07) is 17.6. The zero-order valence-electron chi connectivity index (χ0n) is 13.9. The Labute approximate surface area is 143 Å². The van der Waals surface area contributed by atoms with Gasteiger partial charge in [-0.3, -0.25) is 9.69 Å². The Hall–Kier alpha value is -1.84. The molecule has 0 radical (unpaired) electrons. The van der Waals surface area contributed by atoms with Crippen LogP contribution >= 0.6 is 11.6 Å². The van der Waals surface area contributed by atoms with Crippen molar-refractivity contribution < 1.29 is 4.79 Å². The van der Waals surface area contributed by atoms with E-state index in [1.54, 1.807) is 4.90 Å². The number of anilines is 1. The van der Waals surface area contributed by atoms with Gasteiger partial charge in [0.25, 0.3) is 0 Å². The first-order valence-corrected chi connectivity index (χ1v) is 8.22. The summed E-state index contributed by atoms with van der Waals surface area (Å²) in [5.74, 6) is 0.0834. The molecule has 122 valence electrons. The minimum Gasteiger partial charge on any atom is -0.312 e. The summed E-state index contributed by atoms with van der Waals surface area (Å²) in [5, 5.41) is 0.731. The molecule has 0 aliphatic carbocycles. The normalized spacial score (nSPS) is 12.2. The van der Waals surface area contributed by atoms with Gasteiger partial charge in [0, 0.05) is 23.3 Å². The Bertz CT molecular complexity index is 645. The van der Waals surface area contributed by atoms with Gasteiger partial charge in [-0.05, 0) is 44.7 Å². The van der Waals surface area contributed by atoms with Gasteiger partial charge in [-0.15, -0.1) is 0 Å². The number of hydrogen-bond acceptors (Lipinski definition) is 2. The maximum Gasteiger partial charge on any atom is 0.241 e. The Kier molecular flexibility index (Phi) is 6.20. The first-order chi connectivity index (χ1) is 11.0. The van der Waals surface area contributed by atoms with Gasteiger partial charge >= 0.3 is 0 Å². The van der Waals surface area contributed by atoms with E-state index in [2.05, 4.69) is 6.92 Å². The topological polar surface area (TPSA) is 23.6 Å².